The fourth-order valence-corrected chi connectivity index (χ4v) is 5.17. The van der Waals surface area contributed by atoms with Crippen LogP contribution in [0.5, 0.6) is 0 Å². The van der Waals surface area contributed by atoms with Crippen molar-refractivity contribution in [2.75, 3.05) is 0 Å². The van der Waals surface area contributed by atoms with E-state index in [2.05, 4.69) is 71.6 Å². The number of aromatic nitrogens is 4. The highest BCUT2D eigenvalue weighted by Crippen LogP contribution is 2.45. The Morgan fingerprint density at radius 3 is 2.48 bits per heavy atom. The van der Waals surface area contributed by atoms with Gasteiger partial charge in [-0.05, 0) is 42.9 Å². The number of nitrogens with two attached hydrogens (primary N) is 1. The number of hydrogen-bond acceptors (Lipinski definition) is 4. The number of aryl methyl sites for hydroxylation is 1. The molecule has 2 N–H and O–H groups in total. The summed E-state index contributed by atoms with van der Waals surface area (Å²) in [5, 5.41) is 5.60. The van der Waals surface area contributed by atoms with E-state index in [0.29, 0.717) is 0 Å². The average molecular weight is 434 g/mol. The zero-order valence-corrected chi connectivity index (χ0v) is 19.0. The molecule has 1 aliphatic carbocycles. The van der Waals surface area contributed by atoms with Crippen molar-refractivity contribution < 1.29 is 0 Å². The van der Waals surface area contributed by atoms with Gasteiger partial charge in [-0.25, -0.2) is 9.97 Å². The topological polar surface area (TPSA) is 69.1 Å². The van der Waals surface area contributed by atoms with Gasteiger partial charge in [0.25, 0.3) is 0 Å². The Morgan fingerprint density at radius 1 is 1.00 bits per heavy atom. The Labute approximate surface area is 193 Å². The summed E-state index contributed by atoms with van der Waals surface area (Å²) in [6.07, 6.45) is 5.22. The third-order valence-electron chi connectivity index (χ3n) is 7.08. The first kappa shape index (κ1) is 20.1. The quantitative estimate of drug-likeness (QED) is 0.383. The Kier molecular flexibility index (Phi) is 4.56. The summed E-state index contributed by atoms with van der Waals surface area (Å²) in [4.78, 5) is 9.73. The molecule has 0 unspecified atom stereocenters. The molecule has 0 atom stereocenters. The van der Waals surface area contributed by atoms with Crippen molar-refractivity contribution >= 4 is 16.7 Å². The lowest BCUT2D eigenvalue weighted by Gasteiger charge is -2.45. The van der Waals surface area contributed by atoms with Gasteiger partial charge in [0.05, 0.1) is 11.4 Å². The smallest absolute Gasteiger partial charge is 0.165 e. The van der Waals surface area contributed by atoms with Crippen molar-refractivity contribution in [1.82, 2.24) is 19.6 Å². The van der Waals surface area contributed by atoms with Crippen LogP contribution in [-0.4, -0.2) is 19.6 Å². The van der Waals surface area contributed by atoms with Gasteiger partial charge in [0, 0.05) is 34.3 Å². The Morgan fingerprint density at radius 2 is 1.76 bits per heavy atom. The number of fused-ring (bicyclic) bond motifs is 3. The van der Waals surface area contributed by atoms with Gasteiger partial charge in [-0.15, -0.1) is 0 Å². The summed E-state index contributed by atoms with van der Waals surface area (Å²) in [5.74, 6) is 0.745. The fourth-order valence-electron chi connectivity index (χ4n) is 5.17. The molecule has 3 aromatic heterocycles. The maximum Gasteiger partial charge on any atom is 0.165 e. The van der Waals surface area contributed by atoms with E-state index in [4.69, 9.17) is 10.7 Å². The molecule has 5 nitrogen and oxygen atoms in total. The van der Waals surface area contributed by atoms with Crippen molar-refractivity contribution in [1.29, 1.82) is 0 Å². The molecule has 0 aliphatic heterocycles. The van der Waals surface area contributed by atoms with E-state index in [9.17, 15) is 0 Å². The van der Waals surface area contributed by atoms with Crippen LogP contribution in [0.15, 0.2) is 72.9 Å². The molecule has 5 aromatic rings. The summed E-state index contributed by atoms with van der Waals surface area (Å²) in [6.45, 7) is 4.22. The van der Waals surface area contributed by atoms with Crippen LogP contribution in [0, 0.1) is 12.8 Å². The molecular formula is C28H27N5. The lowest BCUT2D eigenvalue weighted by atomic mass is 9.64. The van der Waals surface area contributed by atoms with Gasteiger partial charge in [0.2, 0.25) is 0 Å². The highest BCUT2D eigenvalue weighted by Gasteiger charge is 2.41. The molecule has 0 amide bonds. The second-order valence-corrected chi connectivity index (χ2v) is 9.39. The van der Waals surface area contributed by atoms with Crippen molar-refractivity contribution in [3.8, 4) is 22.4 Å². The van der Waals surface area contributed by atoms with Crippen LogP contribution >= 0.6 is 0 Å². The van der Waals surface area contributed by atoms with Crippen LogP contribution < -0.4 is 5.73 Å². The predicted molar refractivity (Wildman–Crippen MR) is 133 cm³/mol. The van der Waals surface area contributed by atoms with Gasteiger partial charge in [-0.1, -0.05) is 67.9 Å². The maximum absolute atomic E-state index is 6.70. The monoisotopic (exact) mass is 433 g/mol. The minimum absolute atomic E-state index is 0.192. The lowest BCUT2D eigenvalue weighted by Crippen LogP contribution is -2.48. The third kappa shape index (κ3) is 3.31. The summed E-state index contributed by atoms with van der Waals surface area (Å²) in [6, 6.07) is 23.2. The highest BCUT2D eigenvalue weighted by molar-refractivity contribution is 5.90. The molecule has 0 spiro atoms. The van der Waals surface area contributed by atoms with E-state index in [0.717, 1.165) is 63.5 Å². The number of nitrogens with zero attached hydrogens (tertiary/aromatic N) is 4. The number of benzene rings is 2. The van der Waals surface area contributed by atoms with Gasteiger partial charge in [-0.2, -0.15) is 9.61 Å². The van der Waals surface area contributed by atoms with Gasteiger partial charge in [-0.3, -0.25) is 0 Å². The van der Waals surface area contributed by atoms with Gasteiger partial charge < -0.3 is 5.73 Å². The standard InChI is InChI=1S/C28H27N5/c1-3-19-15-28(29,16-19)23-11-9-21(10-12-23)26-24(20-7-5-4-6-8-20)14-22-17-30-25-13-18(2)32-33(25)27(22)31-26/h4-14,17,19H,3,15-16,29H2,1-2H3. The second-order valence-electron chi connectivity index (χ2n) is 9.39. The molecule has 6 rings (SSSR count). The molecule has 1 aliphatic rings. The van der Waals surface area contributed by atoms with Crippen molar-refractivity contribution in [2.24, 2.45) is 11.7 Å². The number of rotatable bonds is 4. The van der Waals surface area contributed by atoms with Crippen LogP contribution in [0.4, 0.5) is 0 Å². The van der Waals surface area contributed by atoms with Gasteiger partial charge in [0.1, 0.15) is 0 Å². The maximum atomic E-state index is 6.70. The van der Waals surface area contributed by atoms with Crippen LogP contribution in [-0.2, 0) is 5.54 Å². The molecule has 3 heterocycles. The van der Waals surface area contributed by atoms with E-state index in [-0.39, 0.29) is 5.54 Å². The normalized spacial score (nSPS) is 20.3. The largest absolute Gasteiger partial charge is 0.321 e. The fraction of sp³-hybridized carbons (Fsp3) is 0.250. The Balaban J connectivity index is 1.52. The molecule has 2 aromatic carbocycles. The third-order valence-corrected chi connectivity index (χ3v) is 7.08. The summed E-state index contributed by atoms with van der Waals surface area (Å²) in [7, 11) is 0. The SMILES string of the molecule is CCC1CC(N)(c2ccc(-c3nc4c(cnc5cc(C)nn54)cc3-c3ccccc3)cc2)C1. The van der Waals surface area contributed by atoms with Crippen LogP contribution in [0.25, 0.3) is 39.1 Å². The molecule has 1 fully saturated rings. The van der Waals surface area contributed by atoms with E-state index in [1.165, 1.54) is 12.0 Å². The Bertz CT molecular complexity index is 1460. The lowest BCUT2D eigenvalue weighted by molar-refractivity contribution is 0.143. The first-order valence-corrected chi connectivity index (χ1v) is 11.7. The predicted octanol–water partition coefficient (Wildman–Crippen LogP) is 5.89. The Hall–Kier alpha value is -3.57. The van der Waals surface area contributed by atoms with E-state index in [1.54, 1.807) is 0 Å². The summed E-state index contributed by atoms with van der Waals surface area (Å²) in [5.41, 5.74) is 14.5. The van der Waals surface area contributed by atoms with Gasteiger partial charge >= 0.3 is 0 Å². The molecule has 33 heavy (non-hydrogen) atoms. The van der Waals surface area contributed by atoms with E-state index >= 15 is 0 Å². The molecule has 1 saturated carbocycles. The zero-order chi connectivity index (χ0) is 22.6. The number of pyridine rings is 1. The number of hydrogen-bond donors (Lipinski definition) is 1. The first-order chi connectivity index (χ1) is 16.0. The minimum atomic E-state index is -0.192. The van der Waals surface area contributed by atoms with Crippen LogP contribution in [0.3, 0.4) is 0 Å². The second kappa shape index (κ2) is 7.49. The molecular weight excluding hydrogens is 406 g/mol. The first-order valence-electron chi connectivity index (χ1n) is 11.7. The van der Waals surface area contributed by atoms with Gasteiger partial charge in [0.15, 0.2) is 11.3 Å². The summed E-state index contributed by atoms with van der Waals surface area (Å²) < 4.78 is 1.84. The van der Waals surface area contributed by atoms with Crippen molar-refractivity contribution in [3.63, 3.8) is 0 Å². The molecule has 0 radical (unpaired) electrons. The van der Waals surface area contributed by atoms with Crippen LogP contribution in [0.1, 0.15) is 37.4 Å². The molecule has 164 valence electrons. The summed E-state index contributed by atoms with van der Waals surface area (Å²) >= 11 is 0. The zero-order valence-electron chi connectivity index (χ0n) is 19.0. The molecule has 0 saturated heterocycles. The van der Waals surface area contributed by atoms with Crippen LogP contribution in [0.2, 0.25) is 0 Å². The van der Waals surface area contributed by atoms with E-state index < -0.39 is 0 Å². The molecule has 5 heteroatoms. The highest BCUT2D eigenvalue weighted by atomic mass is 15.3. The average Bonchev–Trinajstić information content (AvgIpc) is 3.22. The van der Waals surface area contributed by atoms with E-state index in [1.807, 2.05) is 29.8 Å². The van der Waals surface area contributed by atoms with Crippen molar-refractivity contribution in [2.45, 2.75) is 38.6 Å². The minimum Gasteiger partial charge on any atom is -0.321 e. The van der Waals surface area contributed by atoms with Crippen molar-refractivity contribution in [3.05, 3.63) is 84.2 Å². The molecule has 0 bridgehead atoms.